The van der Waals surface area contributed by atoms with Crippen LogP contribution in [0.3, 0.4) is 0 Å². The van der Waals surface area contributed by atoms with Gasteiger partial charge in [0.1, 0.15) is 12.4 Å². The minimum atomic E-state index is -0.117. The molecule has 0 unspecified atom stereocenters. The van der Waals surface area contributed by atoms with Gasteiger partial charge in [0.2, 0.25) is 0 Å². The molecule has 1 aromatic rings. The van der Waals surface area contributed by atoms with Gasteiger partial charge < -0.3 is 15.2 Å². The fourth-order valence-corrected chi connectivity index (χ4v) is 1.29. The van der Waals surface area contributed by atoms with E-state index in [4.69, 9.17) is 15.2 Å². The van der Waals surface area contributed by atoms with Crippen LogP contribution in [0.1, 0.15) is 26.3 Å². The van der Waals surface area contributed by atoms with E-state index in [1.165, 1.54) is 0 Å². The Bertz CT molecular complexity index is 342. The molecule has 0 aromatic heterocycles. The van der Waals surface area contributed by atoms with Crippen molar-refractivity contribution in [3.8, 4) is 5.75 Å². The topological polar surface area (TPSA) is 44.5 Å². The van der Waals surface area contributed by atoms with Crippen LogP contribution in [0.2, 0.25) is 0 Å². The van der Waals surface area contributed by atoms with E-state index in [1.54, 1.807) is 0 Å². The Balaban J connectivity index is 2.41. The summed E-state index contributed by atoms with van der Waals surface area (Å²) in [6, 6.07) is 5.68. The second-order valence-corrected chi connectivity index (χ2v) is 4.78. The Labute approximate surface area is 97.6 Å². The second-order valence-electron chi connectivity index (χ2n) is 4.78. The molecule has 3 heteroatoms. The third-order valence-electron chi connectivity index (χ3n) is 2.20. The molecule has 0 atom stereocenters. The van der Waals surface area contributed by atoms with Gasteiger partial charge >= 0.3 is 0 Å². The first-order valence-electron chi connectivity index (χ1n) is 5.52. The van der Waals surface area contributed by atoms with Gasteiger partial charge in [-0.25, -0.2) is 0 Å². The molecule has 0 bridgehead atoms. The van der Waals surface area contributed by atoms with Crippen molar-refractivity contribution in [1.82, 2.24) is 0 Å². The van der Waals surface area contributed by atoms with E-state index in [0.29, 0.717) is 13.2 Å². The number of ether oxygens (including phenoxy) is 2. The normalized spacial score (nSPS) is 11.5. The van der Waals surface area contributed by atoms with Crippen molar-refractivity contribution in [1.29, 1.82) is 0 Å². The molecule has 90 valence electrons. The lowest BCUT2D eigenvalue weighted by molar-refractivity contribution is -0.0163. The van der Waals surface area contributed by atoms with E-state index in [2.05, 4.69) is 0 Å². The summed E-state index contributed by atoms with van der Waals surface area (Å²) in [5, 5.41) is 0. The van der Waals surface area contributed by atoms with E-state index in [0.717, 1.165) is 17.0 Å². The van der Waals surface area contributed by atoms with Crippen molar-refractivity contribution in [3.63, 3.8) is 0 Å². The summed E-state index contributed by atoms with van der Waals surface area (Å²) in [5.41, 5.74) is 7.41. The zero-order valence-corrected chi connectivity index (χ0v) is 10.5. The molecule has 0 saturated heterocycles. The highest BCUT2D eigenvalue weighted by Gasteiger charge is 2.09. The minimum absolute atomic E-state index is 0.117. The molecule has 0 heterocycles. The van der Waals surface area contributed by atoms with E-state index in [1.807, 2.05) is 45.9 Å². The van der Waals surface area contributed by atoms with Crippen molar-refractivity contribution in [3.05, 3.63) is 23.8 Å². The Morgan fingerprint density at radius 2 is 1.88 bits per heavy atom. The minimum Gasteiger partial charge on any atom is -0.491 e. The number of benzene rings is 1. The van der Waals surface area contributed by atoms with Gasteiger partial charge in [0.25, 0.3) is 0 Å². The lowest BCUT2D eigenvalue weighted by atomic mass is 10.2. The Morgan fingerprint density at radius 1 is 1.19 bits per heavy atom. The Morgan fingerprint density at radius 3 is 2.50 bits per heavy atom. The fraction of sp³-hybridized carbons (Fsp3) is 0.538. The summed E-state index contributed by atoms with van der Waals surface area (Å²) in [6.07, 6.45) is 0. The standard InChI is InChI=1S/C13H21NO2/c1-10-11(14)6-5-7-12(10)15-8-9-16-13(2,3)4/h5-7H,8-9,14H2,1-4H3. The molecule has 1 aromatic carbocycles. The molecule has 0 radical (unpaired) electrons. The number of nitrogens with two attached hydrogens (primary N) is 1. The highest BCUT2D eigenvalue weighted by Crippen LogP contribution is 2.22. The molecule has 1 rings (SSSR count). The van der Waals surface area contributed by atoms with Gasteiger partial charge in [-0.05, 0) is 39.8 Å². The monoisotopic (exact) mass is 223 g/mol. The molecular weight excluding hydrogens is 202 g/mol. The number of anilines is 1. The average molecular weight is 223 g/mol. The smallest absolute Gasteiger partial charge is 0.124 e. The van der Waals surface area contributed by atoms with Crippen LogP contribution in [-0.4, -0.2) is 18.8 Å². The maximum atomic E-state index is 5.78. The second kappa shape index (κ2) is 5.21. The van der Waals surface area contributed by atoms with Gasteiger partial charge in [0.05, 0.1) is 12.2 Å². The molecule has 0 aliphatic rings. The highest BCUT2D eigenvalue weighted by molar-refractivity contribution is 5.53. The predicted molar refractivity (Wildman–Crippen MR) is 66.8 cm³/mol. The van der Waals surface area contributed by atoms with Crippen LogP contribution in [0.25, 0.3) is 0 Å². The maximum Gasteiger partial charge on any atom is 0.124 e. The third kappa shape index (κ3) is 4.11. The SMILES string of the molecule is Cc1c(N)cccc1OCCOC(C)(C)C. The van der Waals surface area contributed by atoms with E-state index < -0.39 is 0 Å². The summed E-state index contributed by atoms with van der Waals surface area (Å²) >= 11 is 0. The van der Waals surface area contributed by atoms with Crippen molar-refractivity contribution < 1.29 is 9.47 Å². The number of rotatable bonds is 4. The van der Waals surface area contributed by atoms with Crippen LogP contribution < -0.4 is 10.5 Å². The Kier molecular flexibility index (Phi) is 4.19. The van der Waals surface area contributed by atoms with E-state index >= 15 is 0 Å². The summed E-state index contributed by atoms with van der Waals surface area (Å²) in [5.74, 6) is 0.831. The Hall–Kier alpha value is -1.22. The molecule has 0 aliphatic heterocycles. The average Bonchev–Trinajstić information content (AvgIpc) is 2.17. The zero-order chi connectivity index (χ0) is 12.2. The quantitative estimate of drug-likeness (QED) is 0.630. The summed E-state index contributed by atoms with van der Waals surface area (Å²) in [6.45, 7) is 9.16. The van der Waals surface area contributed by atoms with Gasteiger partial charge in [0.15, 0.2) is 0 Å². The first-order chi connectivity index (χ1) is 7.40. The van der Waals surface area contributed by atoms with Crippen LogP contribution in [0.15, 0.2) is 18.2 Å². The lowest BCUT2D eigenvalue weighted by Gasteiger charge is -2.19. The van der Waals surface area contributed by atoms with Gasteiger partial charge in [-0.2, -0.15) is 0 Å². The van der Waals surface area contributed by atoms with Crippen molar-refractivity contribution in [2.75, 3.05) is 18.9 Å². The summed E-state index contributed by atoms with van der Waals surface area (Å²) < 4.78 is 11.2. The maximum absolute atomic E-state index is 5.78. The fourth-order valence-electron chi connectivity index (χ4n) is 1.29. The third-order valence-corrected chi connectivity index (χ3v) is 2.20. The molecule has 2 N–H and O–H groups in total. The zero-order valence-electron chi connectivity index (χ0n) is 10.5. The number of hydrogen-bond acceptors (Lipinski definition) is 3. The molecule has 16 heavy (non-hydrogen) atoms. The molecule has 0 spiro atoms. The molecular formula is C13H21NO2. The van der Waals surface area contributed by atoms with Crippen LogP contribution >= 0.6 is 0 Å². The molecule has 3 nitrogen and oxygen atoms in total. The highest BCUT2D eigenvalue weighted by atomic mass is 16.5. The first kappa shape index (κ1) is 12.8. The molecule has 0 aliphatic carbocycles. The molecule has 0 saturated carbocycles. The summed E-state index contributed by atoms with van der Waals surface area (Å²) in [4.78, 5) is 0. The van der Waals surface area contributed by atoms with Crippen molar-refractivity contribution >= 4 is 5.69 Å². The van der Waals surface area contributed by atoms with Crippen molar-refractivity contribution in [2.45, 2.75) is 33.3 Å². The van der Waals surface area contributed by atoms with Crippen LogP contribution in [0.5, 0.6) is 5.75 Å². The van der Waals surface area contributed by atoms with Crippen LogP contribution in [0, 0.1) is 6.92 Å². The van der Waals surface area contributed by atoms with Gasteiger partial charge in [-0.1, -0.05) is 6.07 Å². The molecule has 0 amide bonds. The summed E-state index contributed by atoms with van der Waals surface area (Å²) in [7, 11) is 0. The molecule has 0 fully saturated rings. The van der Waals surface area contributed by atoms with Gasteiger partial charge in [0, 0.05) is 11.3 Å². The number of nitrogen functional groups attached to an aromatic ring is 1. The van der Waals surface area contributed by atoms with Gasteiger partial charge in [-0.15, -0.1) is 0 Å². The van der Waals surface area contributed by atoms with Gasteiger partial charge in [-0.3, -0.25) is 0 Å². The van der Waals surface area contributed by atoms with Crippen LogP contribution in [-0.2, 0) is 4.74 Å². The largest absolute Gasteiger partial charge is 0.491 e. The van der Waals surface area contributed by atoms with E-state index in [9.17, 15) is 0 Å². The predicted octanol–water partition coefficient (Wildman–Crippen LogP) is 2.77. The van der Waals surface area contributed by atoms with Crippen molar-refractivity contribution in [2.24, 2.45) is 0 Å². The lowest BCUT2D eigenvalue weighted by Crippen LogP contribution is -2.22. The van der Waals surface area contributed by atoms with E-state index in [-0.39, 0.29) is 5.60 Å². The first-order valence-corrected chi connectivity index (χ1v) is 5.52. The number of hydrogen-bond donors (Lipinski definition) is 1. The van der Waals surface area contributed by atoms with Crippen LogP contribution in [0.4, 0.5) is 5.69 Å².